The van der Waals surface area contributed by atoms with Crippen LogP contribution < -0.4 is 10.6 Å². The maximum atomic E-state index is 13.9. The van der Waals surface area contributed by atoms with Crippen molar-refractivity contribution in [3.8, 4) is 11.5 Å². The molecule has 11 heteroatoms. The van der Waals surface area contributed by atoms with E-state index in [1.165, 1.54) is 19.9 Å². The van der Waals surface area contributed by atoms with Gasteiger partial charge in [0.25, 0.3) is 5.91 Å². The number of Topliss-reactive ketones (excluding diaryl/α,β-unsaturated/α-hetero) is 2. The lowest BCUT2D eigenvalue weighted by Crippen LogP contribution is -2.46. The van der Waals surface area contributed by atoms with Crippen molar-refractivity contribution in [2.45, 2.75) is 106 Å². The van der Waals surface area contributed by atoms with E-state index in [2.05, 4.69) is 4.99 Å². The molecule has 2 heterocycles. The van der Waals surface area contributed by atoms with Gasteiger partial charge >= 0.3 is 0 Å². The van der Waals surface area contributed by atoms with Gasteiger partial charge in [0.05, 0.1) is 42.0 Å². The van der Waals surface area contributed by atoms with Crippen LogP contribution in [-0.2, 0) is 14.4 Å². The highest BCUT2D eigenvalue weighted by Crippen LogP contribution is 2.36. The third-order valence-corrected chi connectivity index (χ3v) is 10.8. The Morgan fingerprint density at radius 3 is 1.85 bits per heavy atom. The summed E-state index contributed by atoms with van der Waals surface area (Å²) >= 11 is 0. The number of hydrogen-bond acceptors (Lipinski definition) is 10. The van der Waals surface area contributed by atoms with Gasteiger partial charge < -0.3 is 35.7 Å². The fourth-order valence-electron chi connectivity index (χ4n) is 7.19. The molecule has 0 spiro atoms. The number of amides is 1. The molecule has 1 aliphatic carbocycles. The van der Waals surface area contributed by atoms with E-state index in [0.717, 1.165) is 11.6 Å². The van der Waals surface area contributed by atoms with Gasteiger partial charge in [-0.15, -0.1) is 0 Å². The molecule has 1 aromatic carbocycles. The van der Waals surface area contributed by atoms with Gasteiger partial charge in [-0.1, -0.05) is 73.1 Å². The van der Waals surface area contributed by atoms with Gasteiger partial charge in [0.1, 0.15) is 16.9 Å². The molecule has 4 bridgehead atoms. The molecular weight excluding hydrogens is 618 g/mol. The number of benzene rings is 1. The standard InChI is InChI=1S/C37H53NO10/c1-10-23-12-11-15(2)37(48)38-24-14-25(39)26-27(34(45)22(9)35(46)28(26)36(24)47)30(41)17(4)13-16(3)29(40)19(6)32(43)21(8)33(44)20(7)31(42)18(23)5/h11-12,14,16-22,29,31-33,35,39-40,42-44,46-47H,10,13H2,1-9H3/b15-11-,23-12-,38-24?/t16?,17?,18-,19+,20+,21-,22?,29-,31-,32+,33+,35?/m0/s1. The number of phenols is 2. The summed E-state index contributed by atoms with van der Waals surface area (Å²) < 4.78 is 0. The van der Waals surface area contributed by atoms with Gasteiger partial charge in [-0.05, 0) is 25.7 Å². The molecule has 7 N–H and O–H groups in total. The number of phenolic OH excluding ortho intramolecular Hbond substituents is 2. The van der Waals surface area contributed by atoms with Crippen LogP contribution in [0.2, 0.25) is 0 Å². The van der Waals surface area contributed by atoms with E-state index in [1.54, 1.807) is 47.6 Å². The number of aliphatic hydroxyl groups is 5. The van der Waals surface area contributed by atoms with Gasteiger partial charge in [-0.2, -0.15) is 0 Å². The predicted molar refractivity (Wildman–Crippen MR) is 179 cm³/mol. The molecule has 0 saturated heterocycles. The van der Waals surface area contributed by atoms with Crippen molar-refractivity contribution >= 4 is 23.0 Å². The van der Waals surface area contributed by atoms with E-state index >= 15 is 0 Å². The summed E-state index contributed by atoms with van der Waals surface area (Å²) in [4.78, 5) is 44.5. The van der Waals surface area contributed by atoms with E-state index < -0.39 is 106 Å². The normalized spacial score (nSPS) is 38.5. The first-order valence-electron chi connectivity index (χ1n) is 16.9. The first-order valence-corrected chi connectivity index (χ1v) is 16.9. The number of rotatable bonds is 1. The SMILES string of the molecule is CC/C1=C/C=C(/C)C(=O)N=c2cc(O)c3c(c2O)C(O)C(C)C(=O)C=3C(=O)C(C)CC(C)[C@H](O)[C@@H](C)[C@@H](O)[C@H](C)[C@H](O)[C@H](C)[C@@H](O)[C@H]1C. The van der Waals surface area contributed by atoms with Crippen molar-refractivity contribution in [1.82, 2.24) is 0 Å². The number of carbonyl (C=O) groups is 3. The summed E-state index contributed by atoms with van der Waals surface area (Å²) in [6, 6.07) is 0.970. The molecule has 3 aliphatic rings. The van der Waals surface area contributed by atoms with E-state index in [-0.39, 0.29) is 28.1 Å². The quantitative estimate of drug-likeness (QED) is 0.217. The summed E-state index contributed by atoms with van der Waals surface area (Å²) in [6.07, 6.45) is -2.26. The minimum Gasteiger partial charge on any atom is -0.507 e. The monoisotopic (exact) mass is 671 g/mol. The molecule has 1 aromatic rings. The second-order valence-corrected chi connectivity index (χ2v) is 14.2. The smallest absolute Gasteiger partial charge is 0.273 e. The van der Waals surface area contributed by atoms with Crippen molar-refractivity contribution in [2.24, 2.45) is 46.4 Å². The Kier molecular flexibility index (Phi) is 12.7. The zero-order chi connectivity index (χ0) is 36.5. The highest BCUT2D eigenvalue weighted by atomic mass is 16.3. The second kappa shape index (κ2) is 15.6. The summed E-state index contributed by atoms with van der Waals surface area (Å²) in [5.41, 5.74) is 0.243. The van der Waals surface area contributed by atoms with Crippen molar-refractivity contribution in [1.29, 1.82) is 0 Å². The average molecular weight is 672 g/mol. The Bertz CT molecular complexity index is 1600. The first-order chi connectivity index (χ1) is 22.3. The maximum Gasteiger partial charge on any atom is 0.273 e. The zero-order valence-electron chi connectivity index (χ0n) is 29.4. The van der Waals surface area contributed by atoms with Crippen LogP contribution in [0.4, 0.5) is 0 Å². The van der Waals surface area contributed by atoms with Crippen LogP contribution in [0, 0.1) is 41.4 Å². The molecular formula is C37H53NO10. The Hall–Kier alpha value is -3.22. The van der Waals surface area contributed by atoms with Crippen LogP contribution >= 0.6 is 0 Å². The van der Waals surface area contributed by atoms with Gasteiger partial charge in [0.2, 0.25) is 0 Å². The second-order valence-electron chi connectivity index (χ2n) is 14.2. The zero-order valence-corrected chi connectivity index (χ0v) is 29.4. The Labute approximate surface area is 282 Å². The van der Waals surface area contributed by atoms with Gasteiger partial charge in [0, 0.05) is 52.0 Å². The van der Waals surface area contributed by atoms with Crippen LogP contribution in [0.15, 0.2) is 34.4 Å². The van der Waals surface area contributed by atoms with E-state index in [0.29, 0.717) is 6.42 Å². The van der Waals surface area contributed by atoms with E-state index in [4.69, 9.17) is 0 Å². The molecule has 0 fully saturated rings. The number of aliphatic hydroxyl groups excluding tert-OH is 5. The Balaban J connectivity index is 2.30. The summed E-state index contributed by atoms with van der Waals surface area (Å²) in [6.45, 7) is 14.8. The van der Waals surface area contributed by atoms with Crippen LogP contribution in [0.1, 0.15) is 86.8 Å². The average Bonchev–Trinajstić information content (AvgIpc) is 3.05. The number of fused-ring (bicyclic) bond motifs is 16. The minimum absolute atomic E-state index is 0.0794. The molecule has 266 valence electrons. The minimum atomic E-state index is -1.60. The molecule has 1 amide bonds. The molecule has 4 unspecified atom stereocenters. The molecule has 48 heavy (non-hydrogen) atoms. The highest BCUT2D eigenvalue weighted by Gasteiger charge is 2.42. The topological polar surface area (TPSA) is 205 Å². The van der Waals surface area contributed by atoms with Crippen LogP contribution in [0.3, 0.4) is 0 Å². The molecule has 0 aromatic heterocycles. The van der Waals surface area contributed by atoms with Crippen molar-refractivity contribution in [3.05, 3.63) is 45.5 Å². The molecule has 12 atom stereocenters. The number of carbonyl (C=O) groups excluding carboxylic acids is 3. The number of hydrogen-bond donors (Lipinski definition) is 7. The lowest BCUT2D eigenvalue weighted by Gasteiger charge is -2.38. The van der Waals surface area contributed by atoms with E-state index in [9.17, 15) is 50.1 Å². The van der Waals surface area contributed by atoms with Crippen LogP contribution in [0.25, 0.3) is 5.57 Å². The van der Waals surface area contributed by atoms with Crippen LogP contribution in [-0.4, -0.2) is 77.6 Å². The van der Waals surface area contributed by atoms with Crippen molar-refractivity contribution < 1.29 is 50.1 Å². The Morgan fingerprint density at radius 2 is 1.29 bits per heavy atom. The van der Waals surface area contributed by atoms with Gasteiger partial charge in [-0.3, -0.25) is 14.4 Å². The van der Waals surface area contributed by atoms with Gasteiger partial charge in [0.15, 0.2) is 11.6 Å². The van der Waals surface area contributed by atoms with E-state index in [1.807, 2.05) is 6.92 Å². The number of nitrogens with zero attached hydrogens (tertiary/aromatic N) is 1. The van der Waals surface area contributed by atoms with Gasteiger partial charge in [-0.25, -0.2) is 4.99 Å². The molecule has 2 aliphatic heterocycles. The predicted octanol–water partition coefficient (Wildman–Crippen LogP) is 2.16. The first kappa shape index (κ1) is 39.2. The molecule has 0 radical (unpaired) electrons. The lowest BCUT2D eigenvalue weighted by molar-refractivity contribution is -0.125. The highest BCUT2D eigenvalue weighted by molar-refractivity contribution is 6.42. The lowest BCUT2D eigenvalue weighted by atomic mass is 9.74. The van der Waals surface area contributed by atoms with Crippen molar-refractivity contribution in [3.63, 3.8) is 0 Å². The third-order valence-electron chi connectivity index (χ3n) is 10.8. The Morgan fingerprint density at radius 1 is 0.750 bits per heavy atom. The fraction of sp³-hybridized carbons (Fsp3) is 0.622. The molecule has 0 saturated carbocycles. The molecule has 11 nitrogen and oxygen atoms in total. The third kappa shape index (κ3) is 7.50. The number of aromatic hydroxyl groups is 2. The number of allylic oxidation sites excluding steroid dienone is 2. The maximum absolute atomic E-state index is 13.9. The summed E-state index contributed by atoms with van der Waals surface area (Å²) in [5.74, 6) is -8.62. The largest absolute Gasteiger partial charge is 0.507 e. The summed E-state index contributed by atoms with van der Waals surface area (Å²) in [5, 5.41) is 77.7. The molecule has 4 rings (SSSR count). The summed E-state index contributed by atoms with van der Waals surface area (Å²) in [7, 11) is 0. The fourth-order valence-corrected chi connectivity index (χ4v) is 7.19. The number of ketones is 2. The van der Waals surface area contributed by atoms with Crippen LogP contribution in [0.5, 0.6) is 11.5 Å². The van der Waals surface area contributed by atoms with Crippen molar-refractivity contribution in [2.75, 3.05) is 0 Å².